The van der Waals surface area contributed by atoms with E-state index in [-0.39, 0.29) is 27.9 Å². The van der Waals surface area contributed by atoms with E-state index in [2.05, 4.69) is 13.8 Å². The summed E-state index contributed by atoms with van der Waals surface area (Å²) in [6.07, 6.45) is 13.1. The number of hydrogen-bond donors (Lipinski definition) is 1. The molecule has 1 N–H and O–H groups in total. The van der Waals surface area contributed by atoms with Crippen molar-refractivity contribution in [2.75, 3.05) is 0 Å². The molecule has 3 nitrogen and oxygen atoms in total. The third-order valence-electron chi connectivity index (χ3n) is 11.7. The van der Waals surface area contributed by atoms with Crippen LogP contribution in [0.15, 0.2) is 0 Å². The van der Waals surface area contributed by atoms with E-state index >= 15 is 0 Å². The standard InChI is InChI=1S/C25H38O3/c1-15(26)24-9-5-4-6-16(24)12-20-18-13-21-25(28-21)14-17(27)7-10-23(25,3)19(18)8-11-22(20,24)2/h16-21,27H,4-14H2,1-3H3/t16-,17-,18-,19-,20-,21-,22+,23-,24-,25-/m1/s1. The molecule has 0 amide bonds. The molecule has 3 heteroatoms. The highest BCUT2D eigenvalue weighted by Gasteiger charge is 2.77. The molecule has 10 atom stereocenters. The average Bonchev–Trinajstić information content (AvgIpc) is 3.27. The van der Waals surface area contributed by atoms with E-state index in [4.69, 9.17) is 4.74 Å². The van der Waals surface area contributed by atoms with E-state index in [9.17, 15) is 9.90 Å². The van der Waals surface area contributed by atoms with Gasteiger partial charge >= 0.3 is 0 Å². The van der Waals surface area contributed by atoms with Crippen molar-refractivity contribution in [3.8, 4) is 0 Å². The molecule has 0 radical (unpaired) electrons. The summed E-state index contributed by atoms with van der Waals surface area (Å²) in [5.41, 5.74) is 0.371. The van der Waals surface area contributed by atoms with Gasteiger partial charge in [0, 0.05) is 17.3 Å². The summed E-state index contributed by atoms with van der Waals surface area (Å²) in [5, 5.41) is 10.4. The molecule has 0 unspecified atom stereocenters. The highest BCUT2D eigenvalue weighted by atomic mass is 16.6. The lowest BCUT2D eigenvalue weighted by molar-refractivity contribution is -0.154. The van der Waals surface area contributed by atoms with Gasteiger partial charge in [0.05, 0.1) is 12.2 Å². The lowest BCUT2D eigenvalue weighted by atomic mass is 9.42. The van der Waals surface area contributed by atoms with Crippen molar-refractivity contribution < 1.29 is 14.6 Å². The normalized spacial score (nSPS) is 62.0. The zero-order valence-corrected chi connectivity index (χ0v) is 18.0. The molecule has 1 aliphatic heterocycles. The number of carbonyl (C=O) groups is 1. The van der Waals surface area contributed by atoms with Gasteiger partial charge in [0.2, 0.25) is 0 Å². The van der Waals surface area contributed by atoms with Crippen LogP contribution >= 0.6 is 0 Å². The van der Waals surface area contributed by atoms with Gasteiger partial charge in [0.15, 0.2) is 0 Å². The van der Waals surface area contributed by atoms with Crippen molar-refractivity contribution >= 4 is 5.78 Å². The second-order valence-corrected chi connectivity index (χ2v) is 12.1. The largest absolute Gasteiger partial charge is 0.393 e. The van der Waals surface area contributed by atoms with Gasteiger partial charge < -0.3 is 9.84 Å². The van der Waals surface area contributed by atoms with Crippen LogP contribution in [0, 0.1) is 39.9 Å². The maximum atomic E-state index is 13.2. The Balaban J connectivity index is 1.40. The number of epoxide rings is 1. The van der Waals surface area contributed by atoms with Crippen LogP contribution in [-0.2, 0) is 9.53 Å². The predicted molar refractivity (Wildman–Crippen MR) is 108 cm³/mol. The van der Waals surface area contributed by atoms with E-state index in [1.54, 1.807) is 0 Å². The molecular weight excluding hydrogens is 348 g/mol. The highest BCUT2D eigenvalue weighted by molar-refractivity contribution is 5.84. The third-order valence-corrected chi connectivity index (χ3v) is 11.7. The average molecular weight is 387 g/mol. The van der Waals surface area contributed by atoms with E-state index in [1.165, 1.54) is 44.9 Å². The van der Waals surface area contributed by atoms with Gasteiger partial charge in [-0.3, -0.25) is 4.79 Å². The summed E-state index contributed by atoms with van der Waals surface area (Å²) in [7, 11) is 0. The molecule has 5 saturated carbocycles. The Bertz CT molecular complexity index is 719. The third kappa shape index (κ3) is 1.84. The molecule has 28 heavy (non-hydrogen) atoms. The van der Waals surface area contributed by atoms with Gasteiger partial charge in [-0.2, -0.15) is 0 Å². The van der Waals surface area contributed by atoms with E-state index < -0.39 is 0 Å². The summed E-state index contributed by atoms with van der Waals surface area (Å²) < 4.78 is 6.48. The Labute approximate surface area is 170 Å². The molecule has 0 aromatic carbocycles. The number of hydrogen-bond acceptors (Lipinski definition) is 3. The molecular formula is C25H38O3. The Hall–Kier alpha value is -0.410. The van der Waals surface area contributed by atoms with Crippen molar-refractivity contribution in [2.45, 2.75) is 109 Å². The van der Waals surface area contributed by atoms with E-state index in [0.717, 1.165) is 37.5 Å². The van der Waals surface area contributed by atoms with Gasteiger partial charge in [-0.25, -0.2) is 0 Å². The highest BCUT2D eigenvalue weighted by Crippen LogP contribution is 2.77. The summed E-state index contributed by atoms with van der Waals surface area (Å²) in [6.45, 7) is 6.93. The molecule has 6 fully saturated rings. The zero-order chi connectivity index (χ0) is 19.5. The van der Waals surface area contributed by atoms with Crippen molar-refractivity contribution in [1.29, 1.82) is 0 Å². The van der Waals surface area contributed by atoms with Gasteiger partial charge in [-0.05, 0) is 87.4 Å². The summed E-state index contributed by atoms with van der Waals surface area (Å²) in [6, 6.07) is 0. The molecule has 1 spiro atoms. The smallest absolute Gasteiger partial charge is 0.136 e. The zero-order valence-electron chi connectivity index (χ0n) is 18.0. The first-order valence-corrected chi connectivity index (χ1v) is 12.2. The maximum absolute atomic E-state index is 13.2. The fraction of sp³-hybridized carbons (Fsp3) is 0.960. The van der Waals surface area contributed by atoms with Gasteiger partial charge in [-0.1, -0.05) is 26.7 Å². The van der Waals surface area contributed by atoms with Crippen molar-refractivity contribution in [3.63, 3.8) is 0 Å². The fourth-order valence-electron chi connectivity index (χ4n) is 10.5. The number of fused-ring (bicyclic) bond motifs is 6. The van der Waals surface area contributed by atoms with Crippen molar-refractivity contribution in [3.05, 3.63) is 0 Å². The minimum atomic E-state index is -0.168. The molecule has 0 bridgehead atoms. The van der Waals surface area contributed by atoms with Crippen LogP contribution < -0.4 is 0 Å². The summed E-state index contributed by atoms with van der Waals surface area (Å²) >= 11 is 0. The summed E-state index contributed by atoms with van der Waals surface area (Å²) in [4.78, 5) is 13.2. The van der Waals surface area contributed by atoms with Crippen molar-refractivity contribution in [2.24, 2.45) is 39.9 Å². The number of rotatable bonds is 1. The SMILES string of the molecule is CC(=O)[C@]12CCCC[C@@H]1C[C@@H]1[C@@H]3C[C@H]4O[C@]45C[C@H](O)CC[C@]5(C)[C@@H]3CC[C@@]12C. The number of aliphatic hydroxyl groups is 1. The molecule has 1 saturated heterocycles. The number of carbonyl (C=O) groups excluding carboxylic acids is 1. The number of Topliss-reactive ketones (excluding diaryl/α,β-unsaturated/α-hetero) is 1. The number of ketones is 1. The van der Waals surface area contributed by atoms with Crippen molar-refractivity contribution in [1.82, 2.24) is 0 Å². The van der Waals surface area contributed by atoms with Crippen LogP contribution in [0.2, 0.25) is 0 Å². The lowest BCUT2D eigenvalue weighted by Gasteiger charge is -2.61. The molecule has 156 valence electrons. The number of aliphatic hydroxyl groups excluding tert-OH is 1. The van der Waals surface area contributed by atoms with Crippen LogP contribution in [0.5, 0.6) is 0 Å². The second kappa shape index (κ2) is 5.44. The van der Waals surface area contributed by atoms with Gasteiger partial charge in [0.25, 0.3) is 0 Å². The lowest BCUT2D eigenvalue weighted by Crippen LogP contribution is -2.60. The Morgan fingerprint density at radius 1 is 0.964 bits per heavy atom. The Morgan fingerprint density at radius 3 is 2.54 bits per heavy atom. The van der Waals surface area contributed by atoms with Crippen LogP contribution in [0.1, 0.15) is 91.4 Å². The molecule has 0 aromatic heterocycles. The van der Waals surface area contributed by atoms with Gasteiger partial charge in [-0.15, -0.1) is 0 Å². The van der Waals surface area contributed by atoms with Crippen LogP contribution in [0.4, 0.5) is 0 Å². The Morgan fingerprint density at radius 2 is 1.75 bits per heavy atom. The first-order chi connectivity index (χ1) is 13.3. The van der Waals surface area contributed by atoms with Gasteiger partial charge in [0.1, 0.15) is 11.4 Å². The minimum absolute atomic E-state index is 0.0246. The van der Waals surface area contributed by atoms with Crippen LogP contribution in [-0.4, -0.2) is 28.7 Å². The Kier molecular flexibility index (Phi) is 3.57. The predicted octanol–water partition coefficient (Wildman–Crippen LogP) is 4.90. The quantitative estimate of drug-likeness (QED) is 0.652. The molecule has 6 rings (SSSR count). The molecule has 0 aromatic rings. The molecule has 5 aliphatic carbocycles. The topological polar surface area (TPSA) is 49.8 Å². The first-order valence-electron chi connectivity index (χ1n) is 12.2. The van der Waals surface area contributed by atoms with E-state index in [1.807, 2.05) is 6.92 Å². The molecule has 6 aliphatic rings. The second-order valence-electron chi connectivity index (χ2n) is 12.1. The first kappa shape index (κ1) is 18.4. The fourth-order valence-corrected chi connectivity index (χ4v) is 10.5. The van der Waals surface area contributed by atoms with E-state index in [0.29, 0.717) is 23.7 Å². The maximum Gasteiger partial charge on any atom is 0.136 e. The van der Waals surface area contributed by atoms with Crippen LogP contribution in [0.25, 0.3) is 0 Å². The molecule has 1 heterocycles. The number of ether oxygens (including phenoxy) is 1. The van der Waals surface area contributed by atoms with Crippen LogP contribution in [0.3, 0.4) is 0 Å². The minimum Gasteiger partial charge on any atom is -0.393 e. The summed E-state index contributed by atoms with van der Waals surface area (Å²) in [5.74, 6) is 3.27. The monoisotopic (exact) mass is 386 g/mol.